The van der Waals surface area contributed by atoms with Crippen LogP contribution in [0.3, 0.4) is 0 Å². The van der Waals surface area contributed by atoms with Crippen molar-refractivity contribution >= 4 is 11.8 Å². The van der Waals surface area contributed by atoms with Gasteiger partial charge in [-0.2, -0.15) is 0 Å². The molecule has 0 saturated carbocycles. The lowest BCUT2D eigenvalue weighted by atomic mass is 10.3. The molecule has 1 fully saturated rings. The van der Waals surface area contributed by atoms with Crippen LogP contribution in [0.2, 0.25) is 0 Å². The van der Waals surface area contributed by atoms with Crippen LogP contribution in [0.25, 0.3) is 0 Å². The van der Waals surface area contributed by atoms with Gasteiger partial charge in [0, 0.05) is 38.6 Å². The van der Waals surface area contributed by atoms with Crippen molar-refractivity contribution < 1.29 is 4.39 Å². The molecular formula is C14H16FN5. The zero-order valence-corrected chi connectivity index (χ0v) is 11.3. The standard InChI is InChI=1S/C14H16FN5/c1-11-8-17-14(18-9-11)20-6-4-19(5-7-20)13-3-2-12(15)10-16-13/h2-3,8-10H,4-7H2,1H3. The number of halogens is 1. The number of aromatic nitrogens is 3. The summed E-state index contributed by atoms with van der Waals surface area (Å²) >= 11 is 0. The molecule has 3 heterocycles. The van der Waals surface area contributed by atoms with Crippen molar-refractivity contribution in [1.82, 2.24) is 15.0 Å². The van der Waals surface area contributed by atoms with Crippen LogP contribution in [0.1, 0.15) is 5.56 Å². The average Bonchev–Trinajstić information content (AvgIpc) is 2.49. The van der Waals surface area contributed by atoms with E-state index in [1.165, 1.54) is 12.3 Å². The van der Waals surface area contributed by atoms with Crippen molar-refractivity contribution in [2.24, 2.45) is 0 Å². The minimum atomic E-state index is -0.305. The second-order valence-electron chi connectivity index (χ2n) is 4.87. The molecule has 0 bridgehead atoms. The zero-order chi connectivity index (χ0) is 13.9. The Bertz CT molecular complexity index is 508. The summed E-state index contributed by atoms with van der Waals surface area (Å²) in [6.45, 7) is 5.30. The third-order valence-electron chi connectivity index (χ3n) is 3.37. The van der Waals surface area contributed by atoms with E-state index in [2.05, 4.69) is 24.8 Å². The van der Waals surface area contributed by atoms with E-state index in [-0.39, 0.29) is 5.82 Å². The smallest absolute Gasteiger partial charge is 0.225 e. The Labute approximate surface area is 117 Å². The Morgan fingerprint density at radius 3 is 2.15 bits per heavy atom. The molecule has 20 heavy (non-hydrogen) atoms. The van der Waals surface area contributed by atoms with Gasteiger partial charge in [-0.25, -0.2) is 19.3 Å². The van der Waals surface area contributed by atoms with Crippen LogP contribution in [0.4, 0.5) is 16.2 Å². The summed E-state index contributed by atoms with van der Waals surface area (Å²) < 4.78 is 12.9. The van der Waals surface area contributed by atoms with Crippen LogP contribution in [-0.4, -0.2) is 41.1 Å². The Hall–Kier alpha value is -2.24. The summed E-state index contributed by atoms with van der Waals surface area (Å²) in [4.78, 5) is 17.1. The SMILES string of the molecule is Cc1cnc(N2CCN(c3ccc(F)cn3)CC2)nc1. The molecule has 0 radical (unpaired) electrons. The topological polar surface area (TPSA) is 45.2 Å². The normalized spacial score (nSPS) is 15.5. The summed E-state index contributed by atoms with van der Waals surface area (Å²) in [7, 11) is 0. The molecule has 1 aliphatic rings. The maximum atomic E-state index is 12.9. The second-order valence-corrected chi connectivity index (χ2v) is 4.87. The lowest BCUT2D eigenvalue weighted by molar-refractivity contribution is 0.612. The molecule has 0 atom stereocenters. The molecule has 6 heteroatoms. The molecule has 1 aliphatic heterocycles. The van der Waals surface area contributed by atoms with E-state index in [1.807, 2.05) is 19.3 Å². The number of piperazine rings is 1. The van der Waals surface area contributed by atoms with Gasteiger partial charge < -0.3 is 9.80 Å². The fourth-order valence-electron chi connectivity index (χ4n) is 2.24. The van der Waals surface area contributed by atoms with Gasteiger partial charge in [0.15, 0.2) is 0 Å². The zero-order valence-electron chi connectivity index (χ0n) is 11.3. The van der Waals surface area contributed by atoms with E-state index in [9.17, 15) is 4.39 Å². The Balaban J connectivity index is 1.64. The summed E-state index contributed by atoms with van der Waals surface area (Å²) in [5.74, 6) is 1.28. The first-order valence-electron chi connectivity index (χ1n) is 6.62. The minimum absolute atomic E-state index is 0.305. The van der Waals surface area contributed by atoms with Crippen LogP contribution in [-0.2, 0) is 0 Å². The largest absolute Gasteiger partial charge is 0.353 e. The van der Waals surface area contributed by atoms with Crippen LogP contribution in [0.15, 0.2) is 30.7 Å². The van der Waals surface area contributed by atoms with Gasteiger partial charge in [0.05, 0.1) is 6.20 Å². The molecule has 1 saturated heterocycles. The summed E-state index contributed by atoms with van der Waals surface area (Å²) in [5.41, 5.74) is 1.06. The van der Waals surface area contributed by atoms with E-state index in [0.29, 0.717) is 0 Å². The number of aryl methyl sites for hydroxylation is 1. The predicted molar refractivity (Wildman–Crippen MR) is 75.4 cm³/mol. The predicted octanol–water partition coefficient (Wildman–Crippen LogP) is 1.65. The molecule has 0 amide bonds. The van der Waals surface area contributed by atoms with Gasteiger partial charge in [-0.05, 0) is 24.6 Å². The number of anilines is 2. The lowest BCUT2D eigenvalue weighted by Gasteiger charge is -2.35. The van der Waals surface area contributed by atoms with E-state index >= 15 is 0 Å². The molecule has 3 rings (SSSR count). The highest BCUT2D eigenvalue weighted by atomic mass is 19.1. The molecule has 0 unspecified atom stereocenters. The quantitative estimate of drug-likeness (QED) is 0.832. The molecule has 0 aliphatic carbocycles. The number of pyridine rings is 1. The van der Waals surface area contributed by atoms with Gasteiger partial charge in [0.2, 0.25) is 5.95 Å². The molecule has 2 aromatic rings. The molecule has 0 spiro atoms. The van der Waals surface area contributed by atoms with Gasteiger partial charge in [0.25, 0.3) is 0 Å². The Kier molecular flexibility index (Phi) is 3.45. The number of hydrogen-bond donors (Lipinski definition) is 0. The first-order chi connectivity index (χ1) is 9.72. The van der Waals surface area contributed by atoms with Crippen molar-refractivity contribution in [2.45, 2.75) is 6.92 Å². The van der Waals surface area contributed by atoms with Gasteiger partial charge >= 0.3 is 0 Å². The lowest BCUT2D eigenvalue weighted by Crippen LogP contribution is -2.47. The molecule has 2 aromatic heterocycles. The van der Waals surface area contributed by atoms with E-state index in [0.717, 1.165) is 43.5 Å². The van der Waals surface area contributed by atoms with Crippen molar-refractivity contribution in [3.8, 4) is 0 Å². The average molecular weight is 273 g/mol. The van der Waals surface area contributed by atoms with Crippen LogP contribution in [0.5, 0.6) is 0 Å². The summed E-state index contributed by atoms with van der Waals surface area (Å²) in [6.07, 6.45) is 4.91. The monoisotopic (exact) mass is 273 g/mol. The van der Waals surface area contributed by atoms with E-state index < -0.39 is 0 Å². The van der Waals surface area contributed by atoms with Crippen molar-refractivity contribution in [3.05, 3.63) is 42.1 Å². The highest BCUT2D eigenvalue weighted by Crippen LogP contribution is 2.16. The fourth-order valence-corrected chi connectivity index (χ4v) is 2.24. The molecule has 104 valence electrons. The third-order valence-corrected chi connectivity index (χ3v) is 3.37. The maximum absolute atomic E-state index is 12.9. The van der Waals surface area contributed by atoms with Crippen LogP contribution >= 0.6 is 0 Å². The second kappa shape index (κ2) is 5.40. The molecular weight excluding hydrogens is 257 g/mol. The molecule has 0 aromatic carbocycles. The van der Waals surface area contributed by atoms with Crippen molar-refractivity contribution in [3.63, 3.8) is 0 Å². The molecule has 5 nitrogen and oxygen atoms in total. The number of nitrogens with zero attached hydrogens (tertiary/aromatic N) is 5. The highest BCUT2D eigenvalue weighted by molar-refractivity contribution is 5.42. The number of hydrogen-bond acceptors (Lipinski definition) is 5. The third kappa shape index (κ3) is 2.68. The molecule has 0 N–H and O–H groups in total. The van der Waals surface area contributed by atoms with E-state index in [1.54, 1.807) is 6.07 Å². The Morgan fingerprint density at radius 2 is 1.55 bits per heavy atom. The number of rotatable bonds is 2. The maximum Gasteiger partial charge on any atom is 0.225 e. The minimum Gasteiger partial charge on any atom is -0.353 e. The van der Waals surface area contributed by atoms with Crippen LogP contribution in [0, 0.1) is 12.7 Å². The first-order valence-corrected chi connectivity index (χ1v) is 6.62. The summed E-state index contributed by atoms with van der Waals surface area (Å²) in [5, 5.41) is 0. The van der Waals surface area contributed by atoms with Gasteiger partial charge in [0.1, 0.15) is 11.6 Å². The summed E-state index contributed by atoms with van der Waals surface area (Å²) in [6, 6.07) is 3.16. The van der Waals surface area contributed by atoms with Gasteiger partial charge in [-0.3, -0.25) is 0 Å². The highest BCUT2D eigenvalue weighted by Gasteiger charge is 2.19. The van der Waals surface area contributed by atoms with Crippen LogP contribution < -0.4 is 9.80 Å². The Morgan fingerprint density at radius 1 is 0.900 bits per heavy atom. The van der Waals surface area contributed by atoms with Crippen molar-refractivity contribution in [1.29, 1.82) is 0 Å². The van der Waals surface area contributed by atoms with Gasteiger partial charge in [-0.15, -0.1) is 0 Å². The van der Waals surface area contributed by atoms with E-state index in [4.69, 9.17) is 0 Å². The van der Waals surface area contributed by atoms with Crippen molar-refractivity contribution in [2.75, 3.05) is 36.0 Å². The first kappa shape index (κ1) is 12.8. The van der Waals surface area contributed by atoms with Gasteiger partial charge in [-0.1, -0.05) is 0 Å². The fraction of sp³-hybridized carbons (Fsp3) is 0.357.